The summed E-state index contributed by atoms with van der Waals surface area (Å²) in [5.74, 6) is -2.21. The van der Waals surface area contributed by atoms with Crippen molar-refractivity contribution < 1.29 is 24.5 Å². The average molecular weight is 250 g/mol. The monoisotopic (exact) mass is 250 g/mol. The summed E-state index contributed by atoms with van der Waals surface area (Å²) >= 11 is 0. The smallest absolute Gasteiger partial charge is 0.324 e. The van der Waals surface area contributed by atoms with E-state index in [0.29, 0.717) is 0 Å². The van der Waals surface area contributed by atoms with Gasteiger partial charge in [-0.25, -0.2) is 0 Å². The number of carbonyl (C=O) groups is 2. The number of hydrogen-bond donors (Lipinski definition) is 2. The standard InChI is InChI=1S/C13H14O5/c1-3-4-8-5-6-9(14)11(16)13(8)10(15)7(2)18-12(13)17/h3-6,8,10-11,15-16H,2H2,1H3/b4-3+/t8-,10+,11+,13+/m0/s1. The molecule has 5 heteroatoms. The molecule has 0 aromatic heterocycles. The molecule has 1 heterocycles. The number of ketones is 1. The van der Waals surface area contributed by atoms with Gasteiger partial charge in [-0.1, -0.05) is 24.8 Å². The van der Waals surface area contributed by atoms with Crippen molar-refractivity contribution in [1.29, 1.82) is 0 Å². The highest BCUT2D eigenvalue weighted by molar-refractivity contribution is 6.01. The second-order valence-electron chi connectivity index (χ2n) is 4.41. The van der Waals surface area contributed by atoms with Gasteiger partial charge >= 0.3 is 5.97 Å². The van der Waals surface area contributed by atoms with Gasteiger partial charge in [0, 0.05) is 5.92 Å². The number of rotatable bonds is 1. The zero-order chi connectivity index (χ0) is 13.5. The molecule has 1 aliphatic heterocycles. The summed E-state index contributed by atoms with van der Waals surface area (Å²) in [5, 5.41) is 20.2. The van der Waals surface area contributed by atoms with Crippen LogP contribution in [-0.4, -0.2) is 34.2 Å². The van der Waals surface area contributed by atoms with Crippen LogP contribution in [0.15, 0.2) is 36.6 Å². The van der Waals surface area contributed by atoms with Gasteiger partial charge < -0.3 is 14.9 Å². The number of allylic oxidation sites excluding steroid dienone is 3. The number of aliphatic hydroxyl groups is 2. The van der Waals surface area contributed by atoms with E-state index in [0.717, 1.165) is 0 Å². The Labute approximate surface area is 104 Å². The van der Waals surface area contributed by atoms with E-state index in [9.17, 15) is 19.8 Å². The van der Waals surface area contributed by atoms with Gasteiger partial charge in [0.05, 0.1) is 0 Å². The Kier molecular flexibility index (Phi) is 2.96. The second-order valence-corrected chi connectivity index (χ2v) is 4.41. The molecule has 2 N–H and O–H groups in total. The van der Waals surface area contributed by atoms with Crippen molar-refractivity contribution in [3.05, 3.63) is 36.6 Å². The van der Waals surface area contributed by atoms with E-state index in [1.54, 1.807) is 19.1 Å². The van der Waals surface area contributed by atoms with Gasteiger partial charge in [0.1, 0.15) is 23.4 Å². The van der Waals surface area contributed by atoms with Gasteiger partial charge in [-0.3, -0.25) is 9.59 Å². The van der Waals surface area contributed by atoms with Crippen molar-refractivity contribution in [2.24, 2.45) is 11.3 Å². The highest BCUT2D eigenvalue weighted by Gasteiger charge is 2.64. The lowest BCUT2D eigenvalue weighted by Gasteiger charge is -2.38. The van der Waals surface area contributed by atoms with Crippen LogP contribution < -0.4 is 0 Å². The van der Waals surface area contributed by atoms with E-state index in [1.165, 1.54) is 12.2 Å². The third kappa shape index (κ3) is 1.41. The molecule has 2 rings (SSSR count). The summed E-state index contributed by atoms with van der Waals surface area (Å²) in [4.78, 5) is 23.6. The fraction of sp³-hybridized carbons (Fsp3) is 0.385. The van der Waals surface area contributed by atoms with Gasteiger partial charge in [0.25, 0.3) is 0 Å². The van der Waals surface area contributed by atoms with Crippen LogP contribution in [0.3, 0.4) is 0 Å². The summed E-state index contributed by atoms with van der Waals surface area (Å²) in [7, 11) is 0. The van der Waals surface area contributed by atoms with Crippen molar-refractivity contribution >= 4 is 11.8 Å². The first kappa shape index (κ1) is 12.7. The Morgan fingerprint density at radius 3 is 2.56 bits per heavy atom. The second kappa shape index (κ2) is 4.19. The molecule has 18 heavy (non-hydrogen) atoms. The Hall–Kier alpha value is -1.72. The van der Waals surface area contributed by atoms with Crippen LogP contribution in [-0.2, 0) is 14.3 Å². The molecule has 0 aromatic carbocycles. The number of esters is 1. The van der Waals surface area contributed by atoms with Crippen molar-refractivity contribution in [2.75, 3.05) is 0 Å². The SMILES string of the molecule is C=C1OC(=O)[C@]2([C@@H](/C=C/C)C=CC(=O)[C@H]2O)[C@@H]1O. The van der Waals surface area contributed by atoms with Crippen molar-refractivity contribution in [3.63, 3.8) is 0 Å². The minimum absolute atomic E-state index is 0.142. The van der Waals surface area contributed by atoms with Gasteiger partial charge in [0.15, 0.2) is 5.78 Å². The number of cyclic esters (lactones) is 1. The number of hydrogen-bond acceptors (Lipinski definition) is 5. The maximum absolute atomic E-state index is 12.0. The van der Waals surface area contributed by atoms with Crippen LogP contribution >= 0.6 is 0 Å². The highest BCUT2D eigenvalue weighted by Crippen LogP contribution is 2.48. The molecular formula is C13H14O5. The molecule has 0 amide bonds. The molecule has 0 unspecified atom stereocenters. The minimum atomic E-state index is -1.71. The number of aliphatic hydroxyl groups excluding tert-OH is 2. The Morgan fingerprint density at radius 2 is 2.06 bits per heavy atom. The third-order valence-electron chi connectivity index (χ3n) is 3.48. The van der Waals surface area contributed by atoms with Crippen LogP contribution in [0.5, 0.6) is 0 Å². The van der Waals surface area contributed by atoms with E-state index in [1.807, 2.05) is 0 Å². The molecule has 0 aromatic rings. The molecule has 0 bridgehead atoms. The van der Waals surface area contributed by atoms with Crippen LogP contribution in [0.1, 0.15) is 6.92 Å². The Balaban J connectivity index is 2.62. The largest absolute Gasteiger partial charge is 0.428 e. The number of carbonyl (C=O) groups excluding carboxylic acids is 2. The molecule has 0 radical (unpaired) electrons. The molecule has 0 saturated carbocycles. The first-order chi connectivity index (χ1) is 8.46. The molecule has 1 saturated heterocycles. The Morgan fingerprint density at radius 1 is 1.39 bits per heavy atom. The van der Waals surface area contributed by atoms with Gasteiger partial charge in [-0.15, -0.1) is 0 Å². The van der Waals surface area contributed by atoms with Crippen LogP contribution in [0.25, 0.3) is 0 Å². The first-order valence-electron chi connectivity index (χ1n) is 5.58. The van der Waals surface area contributed by atoms with Crippen molar-refractivity contribution in [3.8, 4) is 0 Å². The number of ether oxygens (including phenoxy) is 1. The van der Waals surface area contributed by atoms with E-state index >= 15 is 0 Å². The fourth-order valence-electron chi connectivity index (χ4n) is 2.52. The lowest BCUT2D eigenvalue weighted by atomic mass is 9.64. The van der Waals surface area contributed by atoms with Crippen LogP contribution in [0, 0.1) is 11.3 Å². The van der Waals surface area contributed by atoms with E-state index < -0.39 is 35.3 Å². The lowest BCUT2D eigenvalue weighted by Crippen LogP contribution is -2.56. The van der Waals surface area contributed by atoms with Gasteiger partial charge in [-0.05, 0) is 13.0 Å². The fourth-order valence-corrected chi connectivity index (χ4v) is 2.52. The average Bonchev–Trinajstić information content (AvgIpc) is 2.54. The minimum Gasteiger partial charge on any atom is -0.428 e. The maximum Gasteiger partial charge on any atom is 0.324 e. The molecule has 4 atom stereocenters. The normalized spacial score (nSPS) is 39.9. The van der Waals surface area contributed by atoms with Crippen LogP contribution in [0.2, 0.25) is 0 Å². The highest BCUT2D eigenvalue weighted by atomic mass is 16.6. The molecule has 2 aliphatic rings. The summed E-state index contributed by atoms with van der Waals surface area (Å²) in [6.45, 7) is 5.17. The van der Waals surface area contributed by atoms with Crippen molar-refractivity contribution in [2.45, 2.75) is 19.1 Å². The summed E-state index contributed by atoms with van der Waals surface area (Å²) in [5.41, 5.74) is -1.71. The molecule has 1 fully saturated rings. The van der Waals surface area contributed by atoms with E-state index in [-0.39, 0.29) is 5.76 Å². The summed E-state index contributed by atoms with van der Waals surface area (Å²) < 4.78 is 4.80. The topological polar surface area (TPSA) is 83.8 Å². The first-order valence-corrected chi connectivity index (χ1v) is 5.58. The Bertz CT molecular complexity index is 476. The van der Waals surface area contributed by atoms with Crippen molar-refractivity contribution in [1.82, 2.24) is 0 Å². The zero-order valence-corrected chi connectivity index (χ0v) is 9.87. The van der Waals surface area contributed by atoms with Gasteiger partial charge in [-0.2, -0.15) is 0 Å². The zero-order valence-electron chi connectivity index (χ0n) is 9.87. The predicted octanol–water partition coefficient (Wildman–Crippen LogP) is 0.0963. The molecular weight excluding hydrogens is 236 g/mol. The maximum atomic E-state index is 12.0. The quantitative estimate of drug-likeness (QED) is 0.509. The third-order valence-corrected chi connectivity index (χ3v) is 3.48. The lowest BCUT2D eigenvalue weighted by molar-refractivity contribution is -0.162. The molecule has 5 nitrogen and oxygen atoms in total. The molecule has 96 valence electrons. The van der Waals surface area contributed by atoms with Crippen LogP contribution in [0.4, 0.5) is 0 Å². The van der Waals surface area contributed by atoms with Gasteiger partial charge in [0.2, 0.25) is 0 Å². The summed E-state index contributed by atoms with van der Waals surface area (Å²) in [6.07, 6.45) is 2.97. The predicted molar refractivity (Wildman–Crippen MR) is 62.1 cm³/mol. The molecule has 1 aliphatic carbocycles. The van der Waals surface area contributed by atoms with E-state index in [4.69, 9.17) is 4.74 Å². The van der Waals surface area contributed by atoms with E-state index in [2.05, 4.69) is 6.58 Å². The summed E-state index contributed by atoms with van der Waals surface area (Å²) in [6, 6.07) is 0. The molecule has 1 spiro atoms.